The summed E-state index contributed by atoms with van der Waals surface area (Å²) in [5, 5.41) is 0.963. The van der Waals surface area contributed by atoms with Crippen molar-refractivity contribution in [3.63, 3.8) is 0 Å². The Kier molecular flexibility index (Phi) is 5.64. The van der Waals surface area contributed by atoms with E-state index in [2.05, 4.69) is 27.6 Å². The summed E-state index contributed by atoms with van der Waals surface area (Å²) in [6, 6.07) is 5.53. The van der Waals surface area contributed by atoms with Crippen LogP contribution in [0.2, 0.25) is 0 Å². The van der Waals surface area contributed by atoms with Gasteiger partial charge in [-0.15, -0.1) is 0 Å². The summed E-state index contributed by atoms with van der Waals surface area (Å²) in [4.78, 5) is 0.409. The summed E-state index contributed by atoms with van der Waals surface area (Å²) >= 11 is 3.43. The molecule has 1 aliphatic rings. The van der Waals surface area contributed by atoms with Crippen molar-refractivity contribution in [3.8, 4) is 0 Å². The molecule has 0 spiro atoms. The molecule has 0 aromatic heterocycles. The molecular formula is C15H22BrNO2S. The Morgan fingerprint density at radius 2 is 2.05 bits per heavy atom. The molecule has 0 saturated carbocycles. The van der Waals surface area contributed by atoms with Crippen LogP contribution in [0.4, 0.5) is 0 Å². The van der Waals surface area contributed by atoms with Gasteiger partial charge in [-0.2, -0.15) is 0 Å². The second-order valence-corrected chi connectivity index (χ2v) is 8.00. The molecule has 1 aromatic rings. The van der Waals surface area contributed by atoms with Gasteiger partial charge in [0, 0.05) is 11.9 Å². The standard InChI is InChI=1S/C15H22BrNO2S/c1-12(11-16)4-3-9-17-20(18,19)15-8-7-13-5-2-6-14(13)10-15/h7-8,10,12,17H,2-6,9,11H2,1H3. The van der Waals surface area contributed by atoms with Crippen LogP contribution in [0.3, 0.4) is 0 Å². The SMILES string of the molecule is CC(CBr)CCCNS(=O)(=O)c1ccc2c(c1)CCC2. The fraction of sp³-hybridized carbons (Fsp3) is 0.600. The average Bonchev–Trinajstić information content (AvgIpc) is 2.90. The maximum absolute atomic E-state index is 12.2. The van der Waals surface area contributed by atoms with Crippen LogP contribution >= 0.6 is 15.9 Å². The zero-order valence-corrected chi connectivity index (χ0v) is 14.3. The van der Waals surface area contributed by atoms with Crippen molar-refractivity contribution in [2.75, 3.05) is 11.9 Å². The Bertz CT molecular complexity index is 557. The fourth-order valence-corrected chi connectivity index (χ4v) is 3.98. The predicted octanol–water partition coefficient (Wildman–Crippen LogP) is 3.26. The van der Waals surface area contributed by atoms with Crippen LogP contribution in [0.1, 0.15) is 37.3 Å². The molecule has 5 heteroatoms. The first-order valence-corrected chi connectivity index (χ1v) is 9.81. The van der Waals surface area contributed by atoms with Crippen molar-refractivity contribution in [1.29, 1.82) is 0 Å². The molecule has 1 aliphatic carbocycles. The van der Waals surface area contributed by atoms with Gasteiger partial charge in [0.1, 0.15) is 0 Å². The summed E-state index contributed by atoms with van der Waals surface area (Å²) < 4.78 is 27.2. The Morgan fingerprint density at radius 3 is 2.80 bits per heavy atom. The second kappa shape index (κ2) is 7.05. The first-order chi connectivity index (χ1) is 9.53. The van der Waals surface area contributed by atoms with Crippen LogP contribution in [0.25, 0.3) is 0 Å². The molecule has 20 heavy (non-hydrogen) atoms. The van der Waals surface area contributed by atoms with Crippen molar-refractivity contribution in [3.05, 3.63) is 29.3 Å². The Hall–Kier alpha value is -0.390. The smallest absolute Gasteiger partial charge is 0.211 e. The van der Waals surface area contributed by atoms with Gasteiger partial charge in [-0.1, -0.05) is 28.9 Å². The van der Waals surface area contributed by atoms with Gasteiger partial charge < -0.3 is 0 Å². The lowest BCUT2D eigenvalue weighted by Crippen LogP contribution is -2.25. The molecule has 0 radical (unpaired) electrons. The summed E-state index contributed by atoms with van der Waals surface area (Å²) in [5.74, 6) is 0.583. The Balaban J connectivity index is 1.93. The number of benzene rings is 1. The number of alkyl halides is 1. The monoisotopic (exact) mass is 359 g/mol. The largest absolute Gasteiger partial charge is 0.240 e. The molecule has 0 amide bonds. The fourth-order valence-electron chi connectivity index (χ4n) is 2.53. The summed E-state index contributed by atoms with van der Waals surface area (Å²) in [6.07, 6.45) is 5.11. The highest BCUT2D eigenvalue weighted by molar-refractivity contribution is 9.09. The number of sulfonamides is 1. The van der Waals surface area contributed by atoms with E-state index < -0.39 is 10.0 Å². The first-order valence-electron chi connectivity index (χ1n) is 7.20. The Morgan fingerprint density at radius 1 is 1.30 bits per heavy atom. The van der Waals surface area contributed by atoms with Crippen LogP contribution in [-0.4, -0.2) is 20.3 Å². The molecule has 1 atom stereocenters. The van der Waals surface area contributed by atoms with Gasteiger partial charge in [0.2, 0.25) is 10.0 Å². The van der Waals surface area contributed by atoms with Crippen LogP contribution in [-0.2, 0) is 22.9 Å². The van der Waals surface area contributed by atoms with Gasteiger partial charge in [0.05, 0.1) is 4.90 Å². The average molecular weight is 360 g/mol. The van der Waals surface area contributed by atoms with E-state index in [9.17, 15) is 8.42 Å². The van der Waals surface area contributed by atoms with E-state index in [-0.39, 0.29) is 0 Å². The number of hydrogen-bond acceptors (Lipinski definition) is 2. The molecule has 0 fully saturated rings. The molecule has 0 heterocycles. The van der Waals surface area contributed by atoms with E-state index in [0.717, 1.165) is 37.4 Å². The van der Waals surface area contributed by atoms with Gasteiger partial charge in [0.25, 0.3) is 0 Å². The molecule has 112 valence electrons. The summed E-state index contributed by atoms with van der Waals surface area (Å²) in [6.45, 7) is 2.67. The van der Waals surface area contributed by atoms with Crippen molar-refractivity contribution in [2.24, 2.45) is 5.92 Å². The second-order valence-electron chi connectivity index (χ2n) is 5.58. The van der Waals surface area contributed by atoms with Crippen molar-refractivity contribution in [2.45, 2.75) is 43.9 Å². The highest BCUT2D eigenvalue weighted by Gasteiger charge is 2.17. The molecule has 3 nitrogen and oxygen atoms in total. The maximum Gasteiger partial charge on any atom is 0.240 e. The van der Waals surface area contributed by atoms with E-state index in [1.165, 1.54) is 11.1 Å². The van der Waals surface area contributed by atoms with Crippen molar-refractivity contribution >= 4 is 26.0 Å². The number of rotatable bonds is 7. The molecule has 0 aliphatic heterocycles. The molecule has 1 N–H and O–H groups in total. The minimum atomic E-state index is -3.35. The normalized spacial score (nSPS) is 16.1. The van der Waals surface area contributed by atoms with Crippen LogP contribution in [0, 0.1) is 5.92 Å². The molecule has 2 rings (SSSR count). The molecule has 1 unspecified atom stereocenters. The number of aryl methyl sites for hydroxylation is 2. The lowest BCUT2D eigenvalue weighted by molar-refractivity contribution is 0.546. The van der Waals surface area contributed by atoms with Crippen molar-refractivity contribution < 1.29 is 8.42 Å². The topological polar surface area (TPSA) is 46.2 Å². The highest BCUT2D eigenvalue weighted by Crippen LogP contribution is 2.24. The lowest BCUT2D eigenvalue weighted by Gasteiger charge is -2.10. The molecule has 0 bridgehead atoms. The van der Waals surface area contributed by atoms with Gasteiger partial charge in [-0.3, -0.25) is 0 Å². The number of fused-ring (bicyclic) bond motifs is 1. The van der Waals surface area contributed by atoms with Crippen LogP contribution < -0.4 is 4.72 Å². The third-order valence-electron chi connectivity index (χ3n) is 3.81. The van der Waals surface area contributed by atoms with Gasteiger partial charge >= 0.3 is 0 Å². The minimum Gasteiger partial charge on any atom is -0.211 e. The highest BCUT2D eigenvalue weighted by atomic mass is 79.9. The van der Waals surface area contributed by atoms with Crippen LogP contribution in [0.5, 0.6) is 0 Å². The third kappa shape index (κ3) is 4.06. The van der Waals surface area contributed by atoms with Gasteiger partial charge in [-0.05, 0) is 61.3 Å². The number of halogens is 1. The maximum atomic E-state index is 12.2. The molecule has 1 aromatic carbocycles. The van der Waals surface area contributed by atoms with E-state index in [1.807, 2.05) is 12.1 Å². The van der Waals surface area contributed by atoms with E-state index in [1.54, 1.807) is 6.07 Å². The van der Waals surface area contributed by atoms with Crippen LogP contribution in [0.15, 0.2) is 23.1 Å². The quantitative estimate of drug-likeness (QED) is 0.599. The number of nitrogens with one attached hydrogen (secondary N) is 1. The minimum absolute atomic E-state index is 0.409. The van der Waals surface area contributed by atoms with Gasteiger partial charge in [0.15, 0.2) is 0 Å². The lowest BCUT2D eigenvalue weighted by atomic mass is 10.1. The van der Waals surface area contributed by atoms with E-state index >= 15 is 0 Å². The summed E-state index contributed by atoms with van der Waals surface area (Å²) in [5.41, 5.74) is 2.50. The van der Waals surface area contributed by atoms with Crippen molar-refractivity contribution in [1.82, 2.24) is 4.72 Å². The zero-order valence-electron chi connectivity index (χ0n) is 11.9. The van der Waals surface area contributed by atoms with Gasteiger partial charge in [-0.25, -0.2) is 13.1 Å². The first kappa shape index (κ1) is 16.0. The summed E-state index contributed by atoms with van der Waals surface area (Å²) in [7, 11) is -3.35. The Labute approximate surface area is 130 Å². The predicted molar refractivity (Wildman–Crippen MR) is 85.8 cm³/mol. The number of hydrogen-bond donors (Lipinski definition) is 1. The van der Waals surface area contributed by atoms with E-state index in [4.69, 9.17) is 0 Å². The zero-order chi connectivity index (χ0) is 14.6. The molecule has 0 saturated heterocycles. The molecular weight excluding hydrogens is 338 g/mol. The third-order valence-corrected chi connectivity index (χ3v) is 6.37. The van der Waals surface area contributed by atoms with E-state index in [0.29, 0.717) is 17.4 Å².